The number of aromatic nitrogens is 2. The number of benzene rings is 1. The first kappa shape index (κ1) is 12.7. The van der Waals surface area contributed by atoms with Crippen LogP contribution >= 0.6 is 11.6 Å². The quantitative estimate of drug-likeness (QED) is 0.837. The van der Waals surface area contributed by atoms with Gasteiger partial charge in [0.1, 0.15) is 5.38 Å². The SMILES string of the molecule is CC(Cl)C(=O)Nc1ccc2c(c1)n(C)c(=O)n2C. The highest BCUT2D eigenvalue weighted by atomic mass is 35.5. The molecular weight excluding hydrogens is 254 g/mol. The van der Waals surface area contributed by atoms with Gasteiger partial charge in [-0.2, -0.15) is 0 Å². The fraction of sp³-hybridized carbons (Fsp3) is 0.333. The van der Waals surface area contributed by atoms with Gasteiger partial charge in [0.05, 0.1) is 11.0 Å². The van der Waals surface area contributed by atoms with Crippen LogP contribution < -0.4 is 11.0 Å². The van der Waals surface area contributed by atoms with Crippen molar-refractivity contribution in [1.29, 1.82) is 0 Å². The normalized spacial score (nSPS) is 12.7. The largest absolute Gasteiger partial charge is 0.328 e. The Balaban J connectivity index is 2.48. The second-order valence-corrected chi connectivity index (χ2v) is 4.86. The second kappa shape index (κ2) is 4.49. The molecule has 2 rings (SSSR count). The molecule has 96 valence electrons. The smallest absolute Gasteiger partial charge is 0.325 e. The summed E-state index contributed by atoms with van der Waals surface area (Å²) in [5, 5.41) is 2.10. The van der Waals surface area contributed by atoms with E-state index in [2.05, 4.69) is 5.32 Å². The van der Waals surface area contributed by atoms with E-state index >= 15 is 0 Å². The molecule has 2 aromatic rings. The molecule has 0 aliphatic carbocycles. The number of hydrogen-bond acceptors (Lipinski definition) is 2. The first-order valence-corrected chi connectivity index (χ1v) is 5.96. The highest BCUT2D eigenvalue weighted by molar-refractivity contribution is 6.32. The lowest BCUT2D eigenvalue weighted by molar-refractivity contribution is -0.115. The van der Waals surface area contributed by atoms with E-state index < -0.39 is 5.38 Å². The number of hydrogen-bond donors (Lipinski definition) is 1. The second-order valence-electron chi connectivity index (χ2n) is 4.21. The number of carbonyl (C=O) groups is 1. The Morgan fingerprint density at radius 3 is 2.50 bits per heavy atom. The van der Waals surface area contributed by atoms with Gasteiger partial charge in [-0.05, 0) is 25.1 Å². The van der Waals surface area contributed by atoms with Gasteiger partial charge in [0, 0.05) is 19.8 Å². The van der Waals surface area contributed by atoms with E-state index in [4.69, 9.17) is 11.6 Å². The predicted octanol–water partition coefficient (Wildman–Crippen LogP) is 1.44. The average molecular weight is 268 g/mol. The molecule has 1 atom stereocenters. The number of halogens is 1. The van der Waals surface area contributed by atoms with Crippen LogP contribution in [0.1, 0.15) is 6.92 Å². The molecular formula is C12H14ClN3O2. The Hall–Kier alpha value is -1.75. The van der Waals surface area contributed by atoms with Crippen LogP contribution in [0.3, 0.4) is 0 Å². The molecule has 0 fully saturated rings. The molecule has 0 aliphatic rings. The Kier molecular flexibility index (Phi) is 3.17. The van der Waals surface area contributed by atoms with Crippen LogP contribution in [0.5, 0.6) is 0 Å². The van der Waals surface area contributed by atoms with E-state index in [1.54, 1.807) is 43.8 Å². The first-order chi connectivity index (χ1) is 8.41. The molecule has 6 heteroatoms. The molecule has 1 amide bonds. The minimum absolute atomic E-state index is 0.0980. The van der Waals surface area contributed by atoms with Crippen LogP contribution in [0.25, 0.3) is 11.0 Å². The van der Waals surface area contributed by atoms with Gasteiger partial charge in [-0.15, -0.1) is 11.6 Å². The van der Waals surface area contributed by atoms with Crippen LogP contribution in [-0.2, 0) is 18.9 Å². The van der Waals surface area contributed by atoms with Gasteiger partial charge in [0.25, 0.3) is 0 Å². The number of rotatable bonds is 2. The fourth-order valence-electron chi connectivity index (χ4n) is 1.83. The number of anilines is 1. The van der Waals surface area contributed by atoms with Crippen molar-refractivity contribution in [3.05, 3.63) is 28.7 Å². The summed E-state index contributed by atoms with van der Waals surface area (Å²) >= 11 is 5.69. The predicted molar refractivity (Wildman–Crippen MR) is 72.1 cm³/mol. The van der Waals surface area contributed by atoms with Crippen LogP contribution in [0.2, 0.25) is 0 Å². The molecule has 5 nitrogen and oxygen atoms in total. The number of imidazole rings is 1. The Morgan fingerprint density at radius 1 is 1.28 bits per heavy atom. The number of fused-ring (bicyclic) bond motifs is 1. The van der Waals surface area contributed by atoms with Crippen LogP contribution in [0, 0.1) is 0 Å². The molecule has 0 bridgehead atoms. The van der Waals surface area contributed by atoms with Crippen molar-refractivity contribution in [3.8, 4) is 0 Å². The fourth-order valence-corrected chi connectivity index (χ4v) is 1.88. The van der Waals surface area contributed by atoms with E-state index in [-0.39, 0.29) is 11.6 Å². The minimum atomic E-state index is -0.597. The molecule has 18 heavy (non-hydrogen) atoms. The van der Waals surface area contributed by atoms with Gasteiger partial charge in [0.15, 0.2) is 0 Å². The third-order valence-electron chi connectivity index (χ3n) is 2.90. The molecule has 1 N–H and O–H groups in total. The van der Waals surface area contributed by atoms with Gasteiger partial charge < -0.3 is 5.32 Å². The Labute approximate surface area is 109 Å². The summed E-state index contributed by atoms with van der Waals surface area (Å²) in [6.45, 7) is 1.60. The number of alkyl halides is 1. The van der Waals surface area contributed by atoms with Crippen molar-refractivity contribution < 1.29 is 4.79 Å². The van der Waals surface area contributed by atoms with Gasteiger partial charge in [0.2, 0.25) is 5.91 Å². The van der Waals surface area contributed by atoms with Crippen molar-refractivity contribution in [3.63, 3.8) is 0 Å². The molecule has 1 aromatic heterocycles. The zero-order valence-corrected chi connectivity index (χ0v) is 11.2. The summed E-state index contributed by atoms with van der Waals surface area (Å²) < 4.78 is 3.10. The molecule has 0 aliphatic heterocycles. The Bertz CT molecular complexity index is 670. The molecule has 0 saturated carbocycles. The summed E-state index contributed by atoms with van der Waals surface area (Å²) in [6, 6.07) is 5.30. The highest BCUT2D eigenvalue weighted by Crippen LogP contribution is 2.18. The monoisotopic (exact) mass is 267 g/mol. The maximum Gasteiger partial charge on any atom is 0.328 e. The minimum Gasteiger partial charge on any atom is -0.325 e. The van der Waals surface area contributed by atoms with E-state index in [0.717, 1.165) is 11.0 Å². The zero-order chi connectivity index (χ0) is 13.4. The summed E-state index contributed by atoms with van der Waals surface area (Å²) in [4.78, 5) is 23.2. The summed E-state index contributed by atoms with van der Waals surface area (Å²) in [5.74, 6) is -0.267. The lowest BCUT2D eigenvalue weighted by Gasteiger charge is -2.06. The standard InChI is InChI=1S/C12H14ClN3O2/c1-7(13)11(17)14-8-4-5-9-10(6-8)16(3)12(18)15(9)2/h4-7H,1-3H3,(H,14,17). The topological polar surface area (TPSA) is 56.0 Å². The number of nitrogens with one attached hydrogen (secondary N) is 1. The summed E-state index contributed by atoms with van der Waals surface area (Å²) in [6.07, 6.45) is 0. The molecule has 1 heterocycles. The lowest BCUT2D eigenvalue weighted by Crippen LogP contribution is -2.20. The van der Waals surface area contributed by atoms with Crippen LogP contribution in [0.15, 0.2) is 23.0 Å². The number of nitrogens with zero attached hydrogens (tertiary/aromatic N) is 2. The van der Waals surface area contributed by atoms with Crippen LogP contribution in [0.4, 0.5) is 5.69 Å². The van der Waals surface area contributed by atoms with E-state index in [0.29, 0.717) is 5.69 Å². The van der Waals surface area contributed by atoms with E-state index in [1.165, 1.54) is 4.57 Å². The summed E-state index contributed by atoms with van der Waals surface area (Å²) in [5.41, 5.74) is 2.11. The van der Waals surface area contributed by atoms with Gasteiger partial charge >= 0.3 is 5.69 Å². The third kappa shape index (κ3) is 2.01. The third-order valence-corrected chi connectivity index (χ3v) is 3.10. The van der Waals surface area contributed by atoms with Crippen LogP contribution in [-0.4, -0.2) is 20.4 Å². The molecule has 1 aromatic carbocycles. The van der Waals surface area contributed by atoms with Gasteiger partial charge in [-0.1, -0.05) is 0 Å². The number of carbonyl (C=O) groups excluding carboxylic acids is 1. The number of amides is 1. The van der Waals surface area contributed by atoms with Gasteiger partial charge in [-0.3, -0.25) is 13.9 Å². The molecule has 0 saturated heterocycles. The van der Waals surface area contributed by atoms with Crippen molar-refractivity contribution >= 4 is 34.2 Å². The van der Waals surface area contributed by atoms with Gasteiger partial charge in [-0.25, -0.2) is 4.79 Å². The molecule has 0 spiro atoms. The molecule has 0 radical (unpaired) electrons. The van der Waals surface area contributed by atoms with Crippen molar-refractivity contribution in [2.75, 3.05) is 5.32 Å². The van der Waals surface area contributed by atoms with Crippen molar-refractivity contribution in [2.45, 2.75) is 12.3 Å². The maximum absolute atomic E-state index is 11.7. The van der Waals surface area contributed by atoms with Crippen molar-refractivity contribution in [1.82, 2.24) is 9.13 Å². The van der Waals surface area contributed by atoms with E-state index in [1.807, 2.05) is 0 Å². The first-order valence-electron chi connectivity index (χ1n) is 5.52. The number of aryl methyl sites for hydroxylation is 2. The molecule has 1 unspecified atom stereocenters. The average Bonchev–Trinajstić information content (AvgIpc) is 2.54. The highest BCUT2D eigenvalue weighted by Gasteiger charge is 2.11. The zero-order valence-electron chi connectivity index (χ0n) is 10.4. The lowest BCUT2D eigenvalue weighted by atomic mass is 10.2. The van der Waals surface area contributed by atoms with Crippen molar-refractivity contribution in [2.24, 2.45) is 14.1 Å². The van der Waals surface area contributed by atoms with E-state index in [9.17, 15) is 9.59 Å². The Morgan fingerprint density at radius 2 is 1.89 bits per heavy atom. The maximum atomic E-state index is 11.7. The summed E-state index contributed by atoms with van der Waals surface area (Å²) in [7, 11) is 3.41.